The zero-order valence-corrected chi connectivity index (χ0v) is 10.4. The van der Waals surface area contributed by atoms with Crippen LogP contribution < -0.4 is 4.74 Å². The second-order valence-corrected chi connectivity index (χ2v) is 5.22. The van der Waals surface area contributed by atoms with Crippen molar-refractivity contribution in [1.29, 1.82) is 5.26 Å². The van der Waals surface area contributed by atoms with Gasteiger partial charge in [0.05, 0.1) is 11.6 Å². The number of carbonyl (C=O) groups excluding carboxylic acids is 1. The molecular formula is C14H14N2O2. The van der Waals surface area contributed by atoms with Crippen molar-refractivity contribution in [3.63, 3.8) is 0 Å². The Morgan fingerprint density at radius 2 is 2.33 bits per heavy atom. The van der Waals surface area contributed by atoms with Gasteiger partial charge in [0.15, 0.2) is 11.2 Å². The largest absolute Gasteiger partial charge is 0.486 e. The molecule has 1 aromatic rings. The van der Waals surface area contributed by atoms with E-state index in [-0.39, 0.29) is 11.9 Å². The SMILES string of the molecule is Cc1ccc2c(c1)C(=O)[C@]1(C#N)CN(C)C[C@@H]1O2. The Labute approximate surface area is 106 Å². The van der Waals surface area contributed by atoms with Gasteiger partial charge in [-0.05, 0) is 26.1 Å². The average molecular weight is 242 g/mol. The molecule has 0 unspecified atom stereocenters. The number of nitrogens with zero attached hydrogens (tertiary/aromatic N) is 2. The molecule has 1 aromatic carbocycles. The van der Waals surface area contributed by atoms with E-state index >= 15 is 0 Å². The number of Topliss-reactive ketones (excluding diaryl/α,β-unsaturated/α-hetero) is 1. The molecule has 2 aliphatic rings. The standard InChI is InChI=1S/C14H14N2O2/c1-9-3-4-11-10(5-9)13(17)14(7-15)8-16(2)6-12(14)18-11/h3-5,12H,6,8H2,1-2H3/t12-,14+/m0/s1. The number of likely N-dealkylation sites (tertiary alicyclic amines) is 1. The van der Waals surface area contributed by atoms with E-state index in [1.54, 1.807) is 0 Å². The van der Waals surface area contributed by atoms with Gasteiger partial charge in [0.2, 0.25) is 0 Å². The fourth-order valence-electron chi connectivity index (χ4n) is 2.86. The van der Waals surface area contributed by atoms with Gasteiger partial charge in [0.25, 0.3) is 0 Å². The molecule has 0 saturated carbocycles. The van der Waals surface area contributed by atoms with Crippen molar-refractivity contribution < 1.29 is 9.53 Å². The van der Waals surface area contributed by atoms with Crippen LogP contribution in [0.25, 0.3) is 0 Å². The number of ketones is 1. The first kappa shape index (κ1) is 11.2. The van der Waals surface area contributed by atoms with Crippen LogP contribution in [0.5, 0.6) is 5.75 Å². The third kappa shape index (κ3) is 1.31. The molecule has 0 aromatic heterocycles. The van der Waals surface area contributed by atoms with Gasteiger partial charge in [-0.2, -0.15) is 5.26 Å². The highest BCUT2D eigenvalue weighted by Crippen LogP contribution is 2.42. The lowest BCUT2D eigenvalue weighted by Crippen LogP contribution is -2.47. The summed E-state index contributed by atoms with van der Waals surface area (Å²) >= 11 is 0. The Morgan fingerprint density at radius 3 is 3.06 bits per heavy atom. The number of rotatable bonds is 0. The molecule has 3 rings (SSSR count). The third-order valence-corrected chi connectivity index (χ3v) is 3.80. The molecule has 1 saturated heterocycles. The summed E-state index contributed by atoms with van der Waals surface area (Å²) in [7, 11) is 1.91. The monoisotopic (exact) mass is 242 g/mol. The second-order valence-electron chi connectivity index (χ2n) is 5.22. The molecule has 0 bridgehead atoms. The van der Waals surface area contributed by atoms with Gasteiger partial charge in [-0.25, -0.2) is 0 Å². The van der Waals surface area contributed by atoms with Crippen LogP contribution in [0.4, 0.5) is 0 Å². The van der Waals surface area contributed by atoms with Crippen LogP contribution in [0.3, 0.4) is 0 Å². The lowest BCUT2D eigenvalue weighted by molar-refractivity contribution is 0.0626. The van der Waals surface area contributed by atoms with Crippen molar-refractivity contribution in [3.8, 4) is 11.8 Å². The molecular weight excluding hydrogens is 228 g/mol. The summed E-state index contributed by atoms with van der Waals surface area (Å²) in [5.74, 6) is 0.515. The molecule has 1 fully saturated rings. The van der Waals surface area contributed by atoms with E-state index in [0.29, 0.717) is 24.4 Å². The van der Waals surface area contributed by atoms with Crippen molar-refractivity contribution in [1.82, 2.24) is 4.90 Å². The number of benzene rings is 1. The highest BCUT2D eigenvalue weighted by molar-refractivity contribution is 6.06. The lowest BCUT2D eigenvalue weighted by atomic mass is 9.76. The summed E-state index contributed by atoms with van der Waals surface area (Å²) < 4.78 is 5.86. The quantitative estimate of drug-likeness (QED) is 0.690. The normalized spacial score (nSPS) is 30.3. The van der Waals surface area contributed by atoms with Crippen molar-refractivity contribution in [2.75, 3.05) is 20.1 Å². The maximum atomic E-state index is 12.6. The van der Waals surface area contributed by atoms with Gasteiger partial charge in [0, 0.05) is 13.1 Å². The predicted octanol–water partition coefficient (Wildman–Crippen LogP) is 1.39. The predicted molar refractivity (Wildman–Crippen MR) is 65.5 cm³/mol. The number of aryl methyl sites for hydroxylation is 1. The summed E-state index contributed by atoms with van der Waals surface area (Å²) in [6.07, 6.45) is -0.352. The Bertz CT molecular complexity index is 576. The molecule has 4 nitrogen and oxygen atoms in total. The minimum atomic E-state index is -1.03. The molecule has 4 heteroatoms. The Morgan fingerprint density at radius 1 is 1.56 bits per heavy atom. The average Bonchev–Trinajstić information content (AvgIpc) is 2.68. The van der Waals surface area contributed by atoms with Crippen molar-refractivity contribution in [3.05, 3.63) is 29.3 Å². The van der Waals surface area contributed by atoms with E-state index in [1.807, 2.05) is 37.1 Å². The van der Waals surface area contributed by atoms with Crippen molar-refractivity contribution >= 4 is 5.78 Å². The zero-order valence-electron chi connectivity index (χ0n) is 10.4. The highest BCUT2D eigenvalue weighted by Gasteiger charge is 2.56. The first-order valence-corrected chi connectivity index (χ1v) is 5.99. The number of nitriles is 1. The van der Waals surface area contributed by atoms with Crippen LogP contribution in [0.2, 0.25) is 0 Å². The van der Waals surface area contributed by atoms with E-state index in [2.05, 4.69) is 6.07 Å². The summed E-state index contributed by atoms with van der Waals surface area (Å²) in [6.45, 7) is 2.99. The summed E-state index contributed by atoms with van der Waals surface area (Å²) in [4.78, 5) is 14.6. The summed E-state index contributed by atoms with van der Waals surface area (Å²) in [5.41, 5.74) is 0.516. The second kappa shape index (κ2) is 3.56. The number of likely N-dealkylation sites (N-methyl/N-ethyl adjacent to an activating group) is 1. The van der Waals surface area contributed by atoms with Crippen molar-refractivity contribution in [2.24, 2.45) is 5.41 Å². The number of fused-ring (bicyclic) bond motifs is 2. The van der Waals surface area contributed by atoms with Gasteiger partial charge in [-0.3, -0.25) is 4.79 Å². The van der Waals surface area contributed by atoms with E-state index in [1.165, 1.54) is 0 Å². The molecule has 2 heterocycles. The van der Waals surface area contributed by atoms with Crippen LogP contribution in [-0.2, 0) is 0 Å². The molecule has 18 heavy (non-hydrogen) atoms. The zero-order chi connectivity index (χ0) is 12.9. The van der Waals surface area contributed by atoms with Crippen LogP contribution >= 0.6 is 0 Å². The van der Waals surface area contributed by atoms with E-state index < -0.39 is 5.41 Å². The van der Waals surface area contributed by atoms with Gasteiger partial charge < -0.3 is 9.64 Å². The van der Waals surface area contributed by atoms with Gasteiger partial charge in [-0.15, -0.1) is 0 Å². The third-order valence-electron chi connectivity index (χ3n) is 3.80. The molecule has 2 atom stereocenters. The van der Waals surface area contributed by atoms with Gasteiger partial charge in [-0.1, -0.05) is 11.6 Å². The number of carbonyl (C=O) groups is 1. The van der Waals surface area contributed by atoms with Gasteiger partial charge >= 0.3 is 0 Å². The van der Waals surface area contributed by atoms with Crippen LogP contribution in [0, 0.1) is 23.7 Å². The fourth-order valence-corrected chi connectivity index (χ4v) is 2.86. The fraction of sp³-hybridized carbons (Fsp3) is 0.429. The highest BCUT2D eigenvalue weighted by atomic mass is 16.5. The van der Waals surface area contributed by atoms with E-state index in [4.69, 9.17) is 4.74 Å². The number of hydrogen-bond acceptors (Lipinski definition) is 4. The molecule has 0 spiro atoms. The maximum Gasteiger partial charge on any atom is 0.191 e. The lowest BCUT2D eigenvalue weighted by Gasteiger charge is -2.32. The first-order chi connectivity index (χ1) is 8.56. The molecule has 0 N–H and O–H groups in total. The topological polar surface area (TPSA) is 53.3 Å². The van der Waals surface area contributed by atoms with Crippen LogP contribution in [0.1, 0.15) is 15.9 Å². The summed E-state index contributed by atoms with van der Waals surface area (Å²) in [6, 6.07) is 7.76. The number of hydrogen-bond donors (Lipinski definition) is 0. The molecule has 0 radical (unpaired) electrons. The molecule has 92 valence electrons. The Kier molecular flexibility index (Phi) is 2.23. The maximum absolute atomic E-state index is 12.6. The van der Waals surface area contributed by atoms with Gasteiger partial charge in [0.1, 0.15) is 11.9 Å². The molecule has 0 aliphatic carbocycles. The van der Waals surface area contributed by atoms with Crippen LogP contribution in [0.15, 0.2) is 18.2 Å². The first-order valence-electron chi connectivity index (χ1n) is 5.99. The molecule has 0 amide bonds. The smallest absolute Gasteiger partial charge is 0.191 e. The number of ether oxygens (including phenoxy) is 1. The van der Waals surface area contributed by atoms with E-state index in [9.17, 15) is 10.1 Å². The van der Waals surface area contributed by atoms with Crippen molar-refractivity contribution in [2.45, 2.75) is 13.0 Å². The Hall–Kier alpha value is -1.86. The van der Waals surface area contributed by atoms with Crippen LogP contribution in [-0.4, -0.2) is 36.9 Å². The summed E-state index contributed by atoms with van der Waals surface area (Å²) in [5, 5.41) is 9.46. The molecule has 2 aliphatic heterocycles. The Balaban J connectivity index is 2.16. The van der Waals surface area contributed by atoms with E-state index in [0.717, 1.165) is 5.56 Å². The minimum Gasteiger partial charge on any atom is -0.486 e. The minimum absolute atomic E-state index is 0.0932.